The smallest absolute Gasteiger partial charge is 0.244 e. The minimum Gasteiger partial charge on any atom is -0.244 e. The molecule has 0 spiro atoms. The highest BCUT2D eigenvalue weighted by molar-refractivity contribution is 7.65. The zero-order valence-corrected chi connectivity index (χ0v) is 10.8. The topological polar surface area (TPSA) is 0 Å². The summed E-state index contributed by atoms with van der Waals surface area (Å²) in [5.74, 6) is -9.45. The van der Waals surface area contributed by atoms with Gasteiger partial charge in [0.25, 0.3) is 0 Å². The minimum atomic E-state index is -4.80. The van der Waals surface area contributed by atoms with Gasteiger partial charge in [0, 0.05) is 0 Å². The fraction of sp³-hybridized carbons (Fsp3) is 1.00. The van der Waals surface area contributed by atoms with Crippen LogP contribution in [0.25, 0.3) is 0 Å². The number of alkyl halides is 5. The Morgan fingerprint density at radius 1 is 1.13 bits per heavy atom. The Labute approximate surface area is 98.8 Å². The van der Waals surface area contributed by atoms with E-state index in [1.165, 1.54) is 6.92 Å². The lowest BCUT2D eigenvalue weighted by Crippen LogP contribution is -2.50. The fourth-order valence-corrected chi connectivity index (χ4v) is 4.74. The predicted molar refractivity (Wildman–Crippen MR) is 53.2 cm³/mol. The second-order valence-corrected chi connectivity index (χ2v) is 11.9. The Balaban J connectivity index is 5.15. The molecule has 0 aromatic heterocycles. The molecule has 0 N–H and O–H groups in total. The van der Waals surface area contributed by atoms with Crippen LogP contribution in [0.15, 0.2) is 0 Å². The lowest BCUT2D eigenvalue weighted by Gasteiger charge is -2.33. The highest BCUT2D eigenvalue weighted by atomic mass is 35.8. The van der Waals surface area contributed by atoms with Crippen molar-refractivity contribution in [3.05, 3.63) is 0 Å². The largest absolute Gasteiger partial charge is 0.350 e. The Morgan fingerprint density at radius 2 is 1.53 bits per heavy atom. The average Bonchev–Trinajstić information content (AvgIpc) is 2.01. The Morgan fingerprint density at radius 3 is 1.73 bits per heavy atom. The van der Waals surface area contributed by atoms with E-state index in [0.717, 1.165) is 0 Å². The van der Waals surface area contributed by atoms with Gasteiger partial charge >= 0.3 is 17.8 Å². The first kappa shape index (κ1) is 15.7. The summed E-state index contributed by atoms with van der Waals surface area (Å²) in [7, 11) is 0. The normalized spacial score (nSPS) is 16.6. The lowest BCUT2D eigenvalue weighted by atomic mass is 10.1. The average molecular weight is 310 g/mol. The number of hydrogen-bond donors (Lipinski definition) is 0. The van der Waals surface area contributed by atoms with Gasteiger partial charge in [0.2, 0.25) is 0 Å². The van der Waals surface area contributed by atoms with Crippen molar-refractivity contribution in [2.45, 2.75) is 30.7 Å². The molecule has 0 aliphatic rings. The summed E-state index contributed by atoms with van der Waals surface area (Å²) in [6.45, 7) is -1.30. The third-order valence-electron chi connectivity index (χ3n) is 1.90. The molecule has 15 heavy (non-hydrogen) atoms. The Hall–Kier alpha value is 0.737. The molecule has 1 atom stereocenters. The molecular formula is C6H8Cl3F5Si. The summed E-state index contributed by atoms with van der Waals surface area (Å²) in [6, 6.07) is -4.03. The molecule has 0 saturated heterocycles. The van der Waals surface area contributed by atoms with Gasteiger partial charge in [-0.2, -0.15) is 17.6 Å². The van der Waals surface area contributed by atoms with Crippen LogP contribution in [0.1, 0.15) is 13.3 Å². The van der Waals surface area contributed by atoms with Crippen molar-refractivity contribution in [2.24, 2.45) is 0 Å². The van der Waals surface area contributed by atoms with E-state index in [1.54, 1.807) is 0 Å². The molecular weight excluding hydrogens is 302 g/mol. The van der Waals surface area contributed by atoms with Crippen LogP contribution in [-0.4, -0.2) is 24.5 Å². The number of rotatable bonds is 5. The second kappa shape index (κ2) is 4.94. The van der Waals surface area contributed by atoms with Gasteiger partial charge in [-0.15, -0.1) is 33.2 Å². The first-order chi connectivity index (χ1) is 6.50. The standard InChI is InChI=1S/C6H8Cl3F5Si/c1-2-4(15(7,8)9)6(13,14)5(11,12)3-10/h4H,2-3H2,1H3. The van der Waals surface area contributed by atoms with E-state index < -0.39 is 36.5 Å². The zero-order valence-electron chi connectivity index (χ0n) is 7.52. The molecule has 0 nitrogen and oxygen atoms in total. The van der Waals surface area contributed by atoms with Gasteiger partial charge in [-0.05, 0) is 6.42 Å². The Bertz CT molecular complexity index is 217. The van der Waals surface area contributed by atoms with Gasteiger partial charge in [-0.1, -0.05) is 6.92 Å². The van der Waals surface area contributed by atoms with Crippen molar-refractivity contribution < 1.29 is 22.0 Å². The van der Waals surface area contributed by atoms with E-state index in [0.29, 0.717) is 0 Å². The van der Waals surface area contributed by atoms with Gasteiger partial charge < -0.3 is 0 Å². The summed E-state index contributed by atoms with van der Waals surface area (Å²) in [4.78, 5) is 0. The molecule has 0 heterocycles. The lowest BCUT2D eigenvalue weighted by molar-refractivity contribution is -0.218. The third-order valence-corrected chi connectivity index (χ3v) is 5.83. The maximum atomic E-state index is 13.2. The van der Waals surface area contributed by atoms with E-state index in [4.69, 9.17) is 33.2 Å². The van der Waals surface area contributed by atoms with Crippen LogP contribution in [0.3, 0.4) is 0 Å². The van der Waals surface area contributed by atoms with Crippen LogP contribution >= 0.6 is 33.2 Å². The minimum absolute atomic E-state index is 0.453. The summed E-state index contributed by atoms with van der Waals surface area (Å²) in [6.07, 6.45) is -0.453. The highest BCUT2D eigenvalue weighted by Crippen LogP contribution is 2.52. The predicted octanol–water partition coefficient (Wildman–Crippen LogP) is 4.66. The summed E-state index contributed by atoms with van der Waals surface area (Å²) >= 11 is 15.8. The molecule has 9 heteroatoms. The molecule has 0 bridgehead atoms. The molecule has 0 aromatic rings. The van der Waals surface area contributed by atoms with Crippen LogP contribution in [-0.2, 0) is 0 Å². The van der Waals surface area contributed by atoms with E-state index in [9.17, 15) is 22.0 Å². The van der Waals surface area contributed by atoms with Crippen LogP contribution in [0.5, 0.6) is 0 Å². The van der Waals surface area contributed by atoms with Crippen molar-refractivity contribution in [1.82, 2.24) is 0 Å². The first-order valence-electron chi connectivity index (χ1n) is 3.89. The number of hydrogen-bond acceptors (Lipinski definition) is 0. The molecule has 0 aromatic carbocycles. The van der Waals surface area contributed by atoms with Crippen molar-refractivity contribution in [1.29, 1.82) is 0 Å². The van der Waals surface area contributed by atoms with Crippen LogP contribution in [0.2, 0.25) is 5.54 Å². The van der Waals surface area contributed by atoms with Crippen molar-refractivity contribution in [3.8, 4) is 0 Å². The molecule has 0 fully saturated rings. The highest BCUT2D eigenvalue weighted by Gasteiger charge is 2.65. The van der Waals surface area contributed by atoms with Gasteiger partial charge in [0.1, 0.15) is 0 Å². The second-order valence-electron chi connectivity index (χ2n) is 2.96. The van der Waals surface area contributed by atoms with Gasteiger partial charge in [0.05, 0.1) is 5.54 Å². The van der Waals surface area contributed by atoms with Crippen LogP contribution < -0.4 is 0 Å². The molecule has 0 radical (unpaired) electrons. The molecule has 0 rings (SSSR count). The molecule has 0 amide bonds. The van der Waals surface area contributed by atoms with E-state index in [1.807, 2.05) is 0 Å². The number of halogens is 8. The third kappa shape index (κ3) is 3.34. The zero-order chi connectivity index (χ0) is 12.5. The summed E-state index contributed by atoms with van der Waals surface area (Å²) in [5.41, 5.74) is -2.11. The summed E-state index contributed by atoms with van der Waals surface area (Å²) < 4.78 is 63.4. The SMILES string of the molecule is CCC(C(F)(F)C(F)(F)CF)[Si](Cl)(Cl)Cl. The van der Waals surface area contributed by atoms with Crippen molar-refractivity contribution in [2.75, 3.05) is 6.67 Å². The van der Waals surface area contributed by atoms with Gasteiger partial charge in [-0.3, -0.25) is 0 Å². The molecule has 92 valence electrons. The van der Waals surface area contributed by atoms with Crippen molar-refractivity contribution in [3.63, 3.8) is 0 Å². The van der Waals surface area contributed by atoms with E-state index in [-0.39, 0.29) is 0 Å². The molecule has 0 aliphatic carbocycles. The fourth-order valence-electron chi connectivity index (χ4n) is 1.04. The molecule has 0 saturated carbocycles. The first-order valence-corrected chi connectivity index (χ1v) is 9.00. The van der Waals surface area contributed by atoms with Crippen molar-refractivity contribution >= 4 is 39.2 Å². The Kier molecular flexibility index (Phi) is 5.18. The summed E-state index contributed by atoms with van der Waals surface area (Å²) in [5, 5.41) is 0. The maximum absolute atomic E-state index is 13.2. The quantitative estimate of drug-likeness (QED) is 0.393. The van der Waals surface area contributed by atoms with Gasteiger partial charge in [0.15, 0.2) is 6.67 Å². The van der Waals surface area contributed by atoms with E-state index >= 15 is 0 Å². The monoisotopic (exact) mass is 308 g/mol. The molecule has 0 aliphatic heterocycles. The van der Waals surface area contributed by atoms with Crippen LogP contribution in [0.4, 0.5) is 22.0 Å². The molecule has 1 unspecified atom stereocenters. The van der Waals surface area contributed by atoms with Crippen LogP contribution in [0, 0.1) is 0 Å². The van der Waals surface area contributed by atoms with Gasteiger partial charge in [-0.25, -0.2) is 4.39 Å². The van der Waals surface area contributed by atoms with E-state index in [2.05, 4.69) is 0 Å². The maximum Gasteiger partial charge on any atom is 0.350 e.